The zero-order valence-corrected chi connectivity index (χ0v) is 10.2. The Morgan fingerprint density at radius 1 is 1.50 bits per heavy atom. The highest BCUT2D eigenvalue weighted by molar-refractivity contribution is 6.21. The minimum Gasteiger partial charge on any atom is -0.378 e. The van der Waals surface area contributed by atoms with Crippen LogP contribution in [0.25, 0.3) is 0 Å². The average Bonchev–Trinajstić information content (AvgIpc) is 2.54. The molecular weight excluding hydrogens is 226 g/mol. The zero-order chi connectivity index (χ0) is 11.4. The molecule has 1 aromatic heterocycles. The molecule has 16 heavy (non-hydrogen) atoms. The topological polar surface area (TPSA) is 38.2 Å². The minimum atomic E-state index is 0.0224. The molecule has 1 unspecified atom stereocenters. The summed E-state index contributed by atoms with van der Waals surface area (Å²) in [5.41, 5.74) is 1.02. The molecule has 5 heteroatoms. The first-order valence-electron chi connectivity index (χ1n) is 5.58. The molecular formula is C11H16ClN3O. The minimum absolute atomic E-state index is 0.0224. The molecule has 1 aromatic rings. The Labute approximate surface area is 101 Å². The third kappa shape index (κ3) is 2.62. The molecule has 2 rings (SSSR count). The van der Waals surface area contributed by atoms with Crippen LogP contribution in [0, 0.1) is 0 Å². The number of anilines is 1. The molecule has 0 aliphatic carbocycles. The highest BCUT2D eigenvalue weighted by atomic mass is 35.5. The van der Waals surface area contributed by atoms with Crippen molar-refractivity contribution in [1.82, 2.24) is 9.97 Å². The van der Waals surface area contributed by atoms with Crippen LogP contribution in [0.5, 0.6) is 0 Å². The largest absolute Gasteiger partial charge is 0.378 e. The smallest absolute Gasteiger partial charge is 0.150 e. The molecule has 0 radical (unpaired) electrons. The fraction of sp³-hybridized carbons (Fsp3) is 0.636. The lowest BCUT2D eigenvalue weighted by atomic mass is 10.3. The van der Waals surface area contributed by atoms with Gasteiger partial charge in [-0.3, -0.25) is 4.98 Å². The second-order valence-electron chi connectivity index (χ2n) is 3.80. The fourth-order valence-corrected chi connectivity index (χ4v) is 2.09. The van der Waals surface area contributed by atoms with E-state index in [9.17, 15) is 0 Å². The molecule has 1 saturated heterocycles. The van der Waals surface area contributed by atoms with E-state index < -0.39 is 0 Å². The summed E-state index contributed by atoms with van der Waals surface area (Å²) in [7, 11) is 0. The molecule has 1 aliphatic heterocycles. The molecule has 0 N–H and O–H groups in total. The molecule has 0 saturated carbocycles. The van der Waals surface area contributed by atoms with Gasteiger partial charge in [0.15, 0.2) is 0 Å². The molecule has 1 fully saturated rings. The first-order chi connectivity index (χ1) is 7.81. The Balaban J connectivity index is 2.20. The SMILES string of the molecule is CCc1nccnc1N1CCOCC(Cl)C1. The van der Waals surface area contributed by atoms with Gasteiger partial charge in [-0.15, -0.1) is 11.6 Å². The van der Waals surface area contributed by atoms with Gasteiger partial charge in [0, 0.05) is 25.5 Å². The van der Waals surface area contributed by atoms with E-state index in [1.54, 1.807) is 12.4 Å². The predicted molar refractivity (Wildman–Crippen MR) is 64.1 cm³/mol. The summed E-state index contributed by atoms with van der Waals surface area (Å²) in [5, 5.41) is 0.0224. The van der Waals surface area contributed by atoms with Crippen molar-refractivity contribution in [2.24, 2.45) is 0 Å². The van der Waals surface area contributed by atoms with Crippen LogP contribution in [-0.2, 0) is 11.2 Å². The summed E-state index contributed by atoms with van der Waals surface area (Å²) in [6.07, 6.45) is 4.34. The number of nitrogens with zero attached hydrogens (tertiary/aromatic N) is 3. The lowest BCUT2D eigenvalue weighted by Crippen LogP contribution is -2.32. The van der Waals surface area contributed by atoms with E-state index in [2.05, 4.69) is 21.8 Å². The zero-order valence-electron chi connectivity index (χ0n) is 9.40. The summed E-state index contributed by atoms with van der Waals surface area (Å²) in [5.74, 6) is 0.946. The maximum absolute atomic E-state index is 6.15. The lowest BCUT2D eigenvalue weighted by molar-refractivity contribution is 0.154. The number of rotatable bonds is 2. The predicted octanol–water partition coefficient (Wildman–Crippen LogP) is 1.48. The molecule has 0 spiro atoms. The standard InChI is InChI=1S/C11H16ClN3O/c1-2-10-11(14-4-3-13-10)15-5-6-16-8-9(12)7-15/h3-4,9H,2,5-8H2,1H3. The highest BCUT2D eigenvalue weighted by Crippen LogP contribution is 2.18. The van der Waals surface area contributed by atoms with Crippen molar-refractivity contribution >= 4 is 17.4 Å². The molecule has 0 aromatic carbocycles. The van der Waals surface area contributed by atoms with Gasteiger partial charge in [0.2, 0.25) is 0 Å². The number of hydrogen-bond acceptors (Lipinski definition) is 4. The Kier molecular flexibility index (Phi) is 3.96. The quantitative estimate of drug-likeness (QED) is 0.736. The summed E-state index contributed by atoms with van der Waals surface area (Å²) in [6.45, 7) is 4.99. The van der Waals surface area contributed by atoms with Gasteiger partial charge in [-0.05, 0) is 6.42 Å². The van der Waals surface area contributed by atoms with Gasteiger partial charge in [-0.25, -0.2) is 4.98 Å². The number of aromatic nitrogens is 2. The Hall–Kier alpha value is -0.870. The van der Waals surface area contributed by atoms with Gasteiger partial charge >= 0.3 is 0 Å². The summed E-state index contributed by atoms with van der Waals surface area (Å²) < 4.78 is 5.41. The number of aryl methyl sites for hydroxylation is 1. The van der Waals surface area contributed by atoms with Crippen LogP contribution in [-0.4, -0.2) is 41.6 Å². The molecule has 0 bridgehead atoms. The Morgan fingerprint density at radius 3 is 3.12 bits per heavy atom. The number of alkyl halides is 1. The van der Waals surface area contributed by atoms with Crippen molar-refractivity contribution in [2.45, 2.75) is 18.7 Å². The van der Waals surface area contributed by atoms with Gasteiger partial charge in [-0.1, -0.05) is 6.92 Å². The van der Waals surface area contributed by atoms with Gasteiger partial charge < -0.3 is 9.64 Å². The van der Waals surface area contributed by atoms with Gasteiger partial charge in [0.1, 0.15) is 5.82 Å². The van der Waals surface area contributed by atoms with Crippen LogP contribution in [0.15, 0.2) is 12.4 Å². The van der Waals surface area contributed by atoms with Crippen molar-refractivity contribution in [3.63, 3.8) is 0 Å². The molecule has 2 heterocycles. The second-order valence-corrected chi connectivity index (χ2v) is 4.42. The van der Waals surface area contributed by atoms with E-state index in [0.717, 1.165) is 31.0 Å². The van der Waals surface area contributed by atoms with E-state index in [0.29, 0.717) is 13.2 Å². The Morgan fingerprint density at radius 2 is 2.31 bits per heavy atom. The van der Waals surface area contributed by atoms with E-state index in [4.69, 9.17) is 16.3 Å². The van der Waals surface area contributed by atoms with Crippen LogP contribution < -0.4 is 4.90 Å². The van der Waals surface area contributed by atoms with E-state index >= 15 is 0 Å². The van der Waals surface area contributed by atoms with Crippen LogP contribution >= 0.6 is 11.6 Å². The molecule has 4 nitrogen and oxygen atoms in total. The normalized spacial score (nSPS) is 21.9. The number of ether oxygens (including phenoxy) is 1. The summed E-state index contributed by atoms with van der Waals surface area (Å²) in [6, 6.07) is 0. The first-order valence-corrected chi connectivity index (χ1v) is 6.01. The lowest BCUT2D eigenvalue weighted by Gasteiger charge is -2.23. The van der Waals surface area contributed by atoms with Crippen LogP contribution in [0.2, 0.25) is 0 Å². The van der Waals surface area contributed by atoms with Crippen molar-refractivity contribution in [3.8, 4) is 0 Å². The van der Waals surface area contributed by atoms with Crippen molar-refractivity contribution in [1.29, 1.82) is 0 Å². The number of halogens is 1. The van der Waals surface area contributed by atoms with Crippen molar-refractivity contribution in [3.05, 3.63) is 18.1 Å². The van der Waals surface area contributed by atoms with E-state index in [1.165, 1.54) is 0 Å². The van der Waals surface area contributed by atoms with Crippen LogP contribution in [0.1, 0.15) is 12.6 Å². The summed E-state index contributed by atoms with van der Waals surface area (Å²) in [4.78, 5) is 10.9. The second kappa shape index (κ2) is 5.46. The van der Waals surface area contributed by atoms with Gasteiger partial charge in [0.25, 0.3) is 0 Å². The Bertz CT molecular complexity index is 348. The van der Waals surface area contributed by atoms with Crippen LogP contribution in [0.3, 0.4) is 0 Å². The third-order valence-electron chi connectivity index (χ3n) is 2.61. The summed E-state index contributed by atoms with van der Waals surface area (Å²) >= 11 is 6.15. The van der Waals surface area contributed by atoms with Crippen molar-refractivity contribution in [2.75, 3.05) is 31.2 Å². The first kappa shape index (κ1) is 11.6. The number of hydrogen-bond donors (Lipinski definition) is 0. The van der Waals surface area contributed by atoms with Gasteiger partial charge in [0.05, 0.1) is 24.3 Å². The highest BCUT2D eigenvalue weighted by Gasteiger charge is 2.19. The maximum atomic E-state index is 6.15. The fourth-order valence-electron chi connectivity index (χ4n) is 1.83. The molecule has 88 valence electrons. The van der Waals surface area contributed by atoms with Crippen molar-refractivity contribution < 1.29 is 4.74 Å². The molecule has 1 aliphatic rings. The van der Waals surface area contributed by atoms with Gasteiger partial charge in [-0.2, -0.15) is 0 Å². The third-order valence-corrected chi connectivity index (χ3v) is 2.87. The molecule has 1 atom stereocenters. The van der Waals surface area contributed by atoms with Crippen LogP contribution in [0.4, 0.5) is 5.82 Å². The van der Waals surface area contributed by atoms with E-state index in [1.807, 2.05) is 0 Å². The molecule has 0 amide bonds. The van der Waals surface area contributed by atoms with E-state index in [-0.39, 0.29) is 5.38 Å². The maximum Gasteiger partial charge on any atom is 0.150 e. The average molecular weight is 242 g/mol. The monoisotopic (exact) mass is 241 g/mol.